The summed E-state index contributed by atoms with van der Waals surface area (Å²) in [6.45, 7) is 3.62. The van der Waals surface area contributed by atoms with Crippen LogP contribution >= 0.6 is 11.9 Å². The minimum Gasteiger partial charge on any atom is -0.497 e. The number of carbonyl (C=O) groups is 1. The number of benzene rings is 1. The molecule has 1 aromatic carbocycles. The fourth-order valence-corrected chi connectivity index (χ4v) is 1.87. The van der Waals surface area contributed by atoms with E-state index in [0.717, 1.165) is 16.9 Å². The minimum atomic E-state index is -0.574. The van der Waals surface area contributed by atoms with Crippen molar-refractivity contribution in [3.63, 3.8) is 0 Å². The van der Waals surface area contributed by atoms with Crippen LogP contribution in [0.25, 0.3) is 0 Å². The fourth-order valence-electron chi connectivity index (χ4n) is 1.07. The average molecular weight is 255 g/mol. The average Bonchev–Trinajstić information content (AvgIpc) is 2.36. The third kappa shape index (κ3) is 3.94. The maximum Gasteiger partial charge on any atom is 0.140 e. The zero-order chi connectivity index (χ0) is 12.9. The first-order valence-electron chi connectivity index (χ1n) is 5.15. The zero-order valence-corrected chi connectivity index (χ0v) is 11.3. The fraction of sp³-hybridized carbons (Fsp3) is 0.417. The van der Waals surface area contributed by atoms with Crippen LogP contribution in [0.15, 0.2) is 23.1 Å². The molecule has 94 valence electrons. The van der Waals surface area contributed by atoms with Crippen molar-refractivity contribution in [1.82, 2.24) is 4.72 Å². The van der Waals surface area contributed by atoms with Gasteiger partial charge >= 0.3 is 0 Å². The van der Waals surface area contributed by atoms with Gasteiger partial charge in [-0.25, -0.2) is 4.72 Å². The van der Waals surface area contributed by atoms with Crippen molar-refractivity contribution in [3.05, 3.63) is 18.2 Å². The molecule has 17 heavy (non-hydrogen) atoms. The lowest BCUT2D eigenvalue weighted by Gasteiger charge is -2.19. The van der Waals surface area contributed by atoms with E-state index >= 15 is 0 Å². The van der Waals surface area contributed by atoms with Crippen molar-refractivity contribution in [1.29, 1.82) is 0 Å². The molecule has 0 radical (unpaired) electrons. The molecule has 0 aliphatic carbocycles. The maximum atomic E-state index is 10.8. The number of carbonyl (C=O) groups excluding carboxylic acids is 1. The van der Waals surface area contributed by atoms with Crippen LogP contribution in [0, 0.1) is 0 Å². The minimum absolute atomic E-state index is 0.574. The Morgan fingerprint density at radius 1 is 1.29 bits per heavy atom. The van der Waals surface area contributed by atoms with Gasteiger partial charge in [0, 0.05) is 6.07 Å². The lowest BCUT2D eigenvalue weighted by atomic mass is 10.1. The highest BCUT2D eigenvalue weighted by Gasteiger charge is 2.17. The van der Waals surface area contributed by atoms with Gasteiger partial charge in [0.2, 0.25) is 0 Å². The Morgan fingerprint density at radius 3 is 2.53 bits per heavy atom. The summed E-state index contributed by atoms with van der Waals surface area (Å²) < 4.78 is 13.4. The lowest BCUT2D eigenvalue weighted by Crippen LogP contribution is -2.35. The van der Waals surface area contributed by atoms with Gasteiger partial charge in [-0.1, -0.05) is 0 Å². The summed E-state index contributed by atoms with van der Waals surface area (Å²) in [6.07, 6.45) is 0.871. The topological polar surface area (TPSA) is 47.6 Å². The highest BCUT2D eigenvalue weighted by molar-refractivity contribution is 7.97. The van der Waals surface area contributed by atoms with Crippen LogP contribution in [0.3, 0.4) is 0 Å². The van der Waals surface area contributed by atoms with Gasteiger partial charge in [0.1, 0.15) is 17.8 Å². The zero-order valence-electron chi connectivity index (χ0n) is 10.4. The predicted molar refractivity (Wildman–Crippen MR) is 68.7 cm³/mol. The van der Waals surface area contributed by atoms with E-state index in [-0.39, 0.29) is 0 Å². The maximum absolute atomic E-state index is 10.8. The van der Waals surface area contributed by atoms with E-state index in [4.69, 9.17) is 9.47 Å². The van der Waals surface area contributed by atoms with E-state index in [0.29, 0.717) is 5.75 Å². The first-order chi connectivity index (χ1) is 8.02. The van der Waals surface area contributed by atoms with Gasteiger partial charge in [0.05, 0.1) is 24.7 Å². The third-order valence-corrected chi connectivity index (χ3v) is 3.27. The van der Waals surface area contributed by atoms with Gasteiger partial charge in [-0.3, -0.25) is 0 Å². The number of rotatable bonds is 6. The van der Waals surface area contributed by atoms with Gasteiger partial charge in [0.25, 0.3) is 0 Å². The number of hydrogen-bond acceptors (Lipinski definition) is 5. The van der Waals surface area contributed by atoms with Crippen LogP contribution in [0.1, 0.15) is 13.8 Å². The lowest BCUT2D eigenvalue weighted by molar-refractivity contribution is -0.111. The summed E-state index contributed by atoms with van der Waals surface area (Å²) in [7, 11) is 3.21. The molecule has 0 bridgehead atoms. The van der Waals surface area contributed by atoms with Crippen LogP contribution in [0.5, 0.6) is 11.5 Å². The summed E-state index contributed by atoms with van der Waals surface area (Å²) in [5.41, 5.74) is -0.574. The highest BCUT2D eigenvalue weighted by atomic mass is 32.2. The van der Waals surface area contributed by atoms with Crippen molar-refractivity contribution in [2.45, 2.75) is 24.3 Å². The molecule has 0 aromatic heterocycles. The number of hydrogen-bond donors (Lipinski definition) is 1. The smallest absolute Gasteiger partial charge is 0.140 e. The molecule has 5 heteroatoms. The number of nitrogens with one attached hydrogen (secondary N) is 1. The Morgan fingerprint density at radius 2 is 2.00 bits per heavy atom. The van der Waals surface area contributed by atoms with Gasteiger partial charge in [0.15, 0.2) is 0 Å². The third-order valence-electron chi connectivity index (χ3n) is 2.09. The molecule has 0 aliphatic heterocycles. The summed E-state index contributed by atoms with van der Waals surface area (Å²) in [5, 5.41) is 0. The number of methoxy groups -OCH3 is 2. The SMILES string of the molecule is COc1ccc(SNC(C)(C)C=O)c(OC)c1. The summed E-state index contributed by atoms with van der Waals surface area (Å²) in [4.78, 5) is 11.7. The van der Waals surface area contributed by atoms with E-state index < -0.39 is 5.54 Å². The Bertz CT molecular complexity index is 393. The molecule has 0 atom stereocenters. The van der Waals surface area contributed by atoms with E-state index in [2.05, 4.69) is 4.72 Å². The molecule has 0 unspecified atom stereocenters. The van der Waals surface area contributed by atoms with Gasteiger partial charge in [-0.2, -0.15) is 0 Å². The quantitative estimate of drug-likeness (QED) is 0.624. The molecule has 0 spiro atoms. The second-order valence-corrected chi connectivity index (χ2v) is 4.91. The van der Waals surface area contributed by atoms with Crippen molar-refractivity contribution < 1.29 is 14.3 Å². The molecule has 0 saturated carbocycles. The van der Waals surface area contributed by atoms with E-state index in [9.17, 15) is 4.79 Å². The highest BCUT2D eigenvalue weighted by Crippen LogP contribution is 2.31. The molecular formula is C12H17NO3S. The molecule has 0 heterocycles. The molecule has 1 rings (SSSR count). The van der Waals surface area contributed by atoms with Gasteiger partial charge in [-0.05, 0) is 37.9 Å². The van der Waals surface area contributed by atoms with Crippen LogP contribution in [0.2, 0.25) is 0 Å². The second kappa shape index (κ2) is 5.93. The van der Waals surface area contributed by atoms with Gasteiger partial charge < -0.3 is 14.3 Å². The van der Waals surface area contributed by atoms with Crippen molar-refractivity contribution in [3.8, 4) is 11.5 Å². The van der Waals surface area contributed by atoms with Crippen LogP contribution in [-0.4, -0.2) is 26.0 Å². The largest absolute Gasteiger partial charge is 0.497 e. The molecule has 4 nitrogen and oxygen atoms in total. The van der Waals surface area contributed by atoms with Crippen molar-refractivity contribution in [2.75, 3.05) is 14.2 Å². The van der Waals surface area contributed by atoms with Crippen molar-refractivity contribution in [2.24, 2.45) is 0 Å². The Balaban J connectivity index is 2.80. The second-order valence-electron chi connectivity index (χ2n) is 4.06. The van der Waals surface area contributed by atoms with Crippen molar-refractivity contribution >= 4 is 18.2 Å². The summed E-state index contributed by atoms with van der Waals surface area (Å²) >= 11 is 1.36. The molecule has 1 N–H and O–H groups in total. The monoisotopic (exact) mass is 255 g/mol. The first kappa shape index (κ1) is 13.9. The summed E-state index contributed by atoms with van der Waals surface area (Å²) in [6, 6.07) is 5.54. The Kier molecular flexibility index (Phi) is 4.84. The van der Waals surface area contributed by atoms with Gasteiger partial charge in [-0.15, -0.1) is 0 Å². The first-order valence-corrected chi connectivity index (χ1v) is 5.96. The standard InChI is InChI=1S/C12H17NO3S/c1-12(2,8-14)13-17-11-6-5-9(15-3)7-10(11)16-4/h5-8,13H,1-4H3. The molecule has 0 amide bonds. The van der Waals surface area contributed by atoms with E-state index in [1.165, 1.54) is 11.9 Å². The Hall–Kier alpha value is -1.20. The van der Waals surface area contributed by atoms with Crippen LogP contribution < -0.4 is 14.2 Å². The normalized spacial score (nSPS) is 11.1. The van der Waals surface area contributed by atoms with Crippen LogP contribution in [0.4, 0.5) is 0 Å². The molecule has 0 fully saturated rings. The molecule has 1 aromatic rings. The number of aldehydes is 1. The molecule has 0 aliphatic rings. The van der Waals surface area contributed by atoms with E-state index in [1.54, 1.807) is 20.3 Å². The number of ether oxygens (including phenoxy) is 2. The van der Waals surface area contributed by atoms with Crippen LogP contribution in [-0.2, 0) is 4.79 Å². The van der Waals surface area contributed by atoms with E-state index in [1.807, 2.05) is 26.0 Å². The Labute approximate surface area is 106 Å². The molecule has 0 saturated heterocycles. The molecular weight excluding hydrogens is 238 g/mol. The predicted octanol–water partition coefficient (Wildman–Crippen LogP) is 2.28. The summed E-state index contributed by atoms with van der Waals surface area (Å²) in [5.74, 6) is 1.45.